The lowest BCUT2D eigenvalue weighted by Gasteiger charge is -2.42. The Kier molecular flexibility index (Phi) is 9.50. The van der Waals surface area contributed by atoms with Gasteiger partial charge >= 0.3 is 11.9 Å². The molecule has 0 saturated carbocycles. The number of nitrogens with zero attached hydrogens (tertiary/aromatic N) is 4. The third kappa shape index (κ3) is 8.04. The van der Waals surface area contributed by atoms with E-state index < -0.39 is 17.5 Å². The molecule has 3 saturated heterocycles. The number of hydroxylamine groups is 1. The van der Waals surface area contributed by atoms with E-state index in [1.165, 1.54) is 5.69 Å². The molecule has 3 heterocycles. The fourth-order valence-corrected chi connectivity index (χ4v) is 5.88. The largest absolute Gasteiger partial charge is 0.480 e. The van der Waals surface area contributed by atoms with Crippen molar-refractivity contribution in [3.8, 4) is 0 Å². The van der Waals surface area contributed by atoms with Gasteiger partial charge in [-0.05, 0) is 42.5 Å². The summed E-state index contributed by atoms with van der Waals surface area (Å²) >= 11 is 0. The van der Waals surface area contributed by atoms with Gasteiger partial charge in [-0.2, -0.15) is 10.6 Å². The van der Waals surface area contributed by atoms with Crippen molar-refractivity contribution in [2.45, 2.75) is 43.4 Å². The summed E-state index contributed by atoms with van der Waals surface area (Å²) in [5.74, 6) is -1.88. The first-order valence-electron chi connectivity index (χ1n) is 14.3. The summed E-state index contributed by atoms with van der Waals surface area (Å²) in [6.45, 7) is 4.32. The molecule has 2 aromatic rings. The van der Waals surface area contributed by atoms with Crippen molar-refractivity contribution in [1.82, 2.24) is 15.4 Å². The van der Waals surface area contributed by atoms with Gasteiger partial charge in [0.15, 0.2) is 0 Å². The van der Waals surface area contributed by atoms with Crippen molar-refractivity contribution in [3.63, 3.8) is 0 Å². The predicted octanol–water partition coefficient (Wildman–Crippen LogP) is 2.59. The zero-order valence-electron chi connectivity index (χ0n) is 23.2. The molecule has 3 fully saturated rings. The van der Waals surface area contributed by atoms with Crippen molar-refractivity contribution >= 4 is 23.8 Å². The van der Waals surface area contributed by atoms with Crippen molar-refractivity contribution in [1.29, 1.82) is 0 Å². The number of piperazine rings is 1. The normalized spacial score (nSPS) is 23.2. The number of piperidine rings is 1. The van der Waals surface area contributed by atoms with Crippen molar-refractivity contribution < 1.29 is 29.4 Å². The zero-order chi connectivity index (χ0) is 28.7. The maximum atomic E-state index is 11.2. The molecule has 3 aliphatic rings. The maximum Gasteiger partial charge on any atom is 0.329 e. The van der Waals surface area contributed by atoms with Crippen LogP contribution in [0.4, 0.5) is 5.69 Å². The van der Waals surface area contributed by atoms with Gasteiger partial charge in [-0.1, -0.05) is 42.5 Å². The number of hydrazone groups is 1. The fraction of sp³-hybridized carbons (Fsp3) is 0.500. The number of ether oxygens (including phenoxy) is 1. The second-order valence-electron chi connectivity index (χ2n) is 11.1. The Hall–Kier alpha value is -3.51. The minimum absolute atomic E-state index is 0.0145. The topological polar surface area (TPSA) is 127 Å². The molecule has 2 aromatic carbocycles. The van der Waals surface area contributed by atoms with Crippen LogP contribution in [0.25, 0.3) is 0 Å². The quantitative estimate of drug-likeness (QED) is 0.350. The van der Waals surface area contributed by atoms with Crippen LogP contribution in [0.5, 0.6) is 0 Å². The Bertz CT molecular complexity index is 1180. The lowest BCUT2D eigenvalue weighted by molar-refractivity contribution is -0.159. The van der Waals surface area contributed by atoms with Gasteiger partial charge in [-0.25, -0.2) is 4.79 Å². The number of hydrogen-bond acceptors (Lipinski definition) is 9. The molecule has 0 spiro atoms. The van der Waals surface area contributed by atoms with E-state index in [0.717, 1.165) is 43.7 Å². The molecule has 2 atom stereocenters. The van der Waals surface area contributed by atoms with Gasteiger partial charge in [0.25, 0.3) is 0 Å². The van der Waals surface area contributed by atoms with Crippen molar-refractivity contribution in [2.24, 2.45) is 5.10 Å². The van der Waals surface area contributed by atoms with E-state index >= 15 is 0 Å². The van der Waals surface area contributed by atoms with Gasteiger partial charge < -0.3 is 19.8 Å². The van der Waals surface area contributed by atoms with E-state index in [9.17, 15) is 14.7 Å². The third-order valence-electron chi connectivity index (χ3n) is 8.19. The minimum Gasteiger partial charge on any atom is -0.480 e. The lowest BCUT2D eigenvalue weighted by atomic mass is 9.84. The second-order valence-corrected chi connectivity index (χ2v) is 11.1. The molecule has 3 aliphatic heterocycles. The van der Waals surface area contributed by atoms with Gasteiger partial charge in [0.05, 0.1) is 43.6 Å². The van der Waals surface area contributed by atoms with Gasteiger partial charge in [-0.15, -0.1) is 0 Å². The molecular formula is C30H39N5O6. The van der Waals surface area contributed by atoms with Gasteiger partial charge in [0.1, 0.15) is 6.61 Å². The Balaban J connectivity index is 1.11. The van der Waals surface area contributed by atoms with Crippen LogP contribution in [-0.4, -0.2) is 102 Å². The fourth-order valence-electron chi connectivity index (χ4n) is 5.88. The van der Waals surface area contributed by atoms with E-state index in [4.69, 9.17) is 19.8 Å². The number of benzene rings is 2. The lowest BCUT2D eigenvalue weighted by Crippen LogP contribution is -2.49. The standard InChI is InChI=1S/C30H39N5O6/c36-28(37)21-33-12-10-30(11-13-33,40-22-29(38)39)19-26-18-27(32-41-26)24-8-6-23(7-9-24)20-31-35-16-14-34(15-17-35)25-4-2-1-3-5-25/h1-9,20,26-27,32H,10-19,21-22H2,(H,36,37)(H,38,39). The Morgan fingerprint density at radius 2 is 1.68 bits per heavy atom. The molecule has 2 unspecified atom stereocenters. The van der Waals surface area contributed by atoms with Gasteiger partial charge in [0.2, 0.25) is 0 Å². The number of anilines is 1. The summed E-state index contributed by atoms with van der Waals surface area (Å²) in [6.07, 6.45) is 4.17. The summed E-state index contributed by atoms with van der Waals surface area (Å²) < 4.78 is 5.91. The molecule has 220 valence electrons. The average molecular weight is 566 g/mol. The number of para-hydroxylation sites is 1. The monoisotopic (exact) mass is 565 g/mol. The summed E-state index contributed by atoms with van der Waals surface area (Å²) in [5, 5.41) is 25.1. The first-order valence-corrected chi connectivity index (χ1v) is 14.3. The van der Waals surface area contributed by atoms with Crippen LogP contribution in [0.3, 0.4) is 0 Å². The Morgan fingerprint density at radius 3 is 2.34 bits per heavy atom. The molecule has 0 bridgehead atoms. The number of carbonyl (C=O) groups is 2. The van der Waals surface area contributed by atoms with Crippen LogP contribution >= 0.6 is 0 Å². The predicted molar refractivity (Wildman–Crippen MR) is 154 cm³/mol. The highest BCUT2D eigenvalue weighted by molar-refractivity contribution is 5.79. The molecule has 5 rings (SSSR count). The molecular weight excluding hydrogens is 526 g/mol. The van der Waals surface area contributed by atoms with E-state index in [1.54, 1.807) is 0 Å². The van der Waals surface area contributed by atoms with Crippen LogP contribution in [0.15, 0.2) is 59.7 Å². The molecule has 11 heteroatoms. The summed E-state index contributed by atoms with van der Waals surface area (Å²) in [6, 6.07) is 18.8. The van der Waals surface area contributed by atoms with Crippen LogP contribution < -0.4 is 10.4 Å². The van der Waals surface area contributed by atoms with E-state index in [1.807, 2.05) is 17.2 Å². The Labute approximate surface area is 240 Å². The number of nitrogens with one attached hydrogen (secondary N) is 1. The molecule has 0 aromatic heterocycles. The van der Waals surface area contributed by atoms with E-state index in [2.05, 4.69) is 63.9 Å². The molecule has 3 N–H and O–H groups in total. The van der Waals surface area contributed by atoms with Crippen LogP contribution in [0, 0.1) is 0 Å². The number of carboxylic acids is 2. The number of carboxylic acid groups (broad SMARTS) is 2. The second kappa shape index (κ2) is 13.4. The molecule has 41 heavy (non-hydrogen) atoms. The third-order valence-corrected chi connectivity index (χ3v) is 8.19. The maximum absolute atomic E-state index is 11.2. The first kappa shape index (κ1) is 29.0. The van der Waals surface area contributed by atoms with Crippen molar-refractivity contribution in [2.75, 3.05) is 57.3 Å². The highest BCUT2D eigenvalue weighted by atomic mass is 16.7. The highest BCUT2D eigenvalue weighted by Crippen LogP contribution is 2.36. The van der Waals surface area contributed by atoms with E-state index in [0.29, 0.717) is 32.4 Å². The SMILES string of the molecule is O=C(O)COC1(CC2CC(c3ccc(C=NN4CCN(c5ccccc5)CC4)cc3)NO2)CCN(CC(=O)O)CC1. The molecule has 11 nitrogen and oxygen atoms in total. The van der Waals surface area contributed by atoms with E-state index in [-0.39, 0.29) is 25.3 Å². The number of hydrogen-bond donors (Lipinski definition) is 3. The molecule has 0 amide bonds. The van der Waals surface area contributed by atoms with Gasteiger partial charge in [-0.3, -0.25) is 19.5 Å². The molecule has 0 aliphatic carbocycles. The summed E-state index contributed by atoms with van der Waals surface area (Å²) in [7, 11) is 0. The van der Waals surface area contributed by atoms with Crippen molar-refractivity contribution in [3.05, 3.63) is 65.7 Å². The average Bonchev–Trinajstić information content (AvgIpc) is 3.45. The number of likely N-dealkylation sites (tertiary alicyclic amines) is 1. The van der Waals surface area contributed by atoms with Crippen LogP contribution in [0.1, 0.15) is 42.9 Å². The minimum atomic E-state index is -1.02. The first-order chi connectivity index (χ1) is 19.9. The molecule has 0 radical (unpaired) electrons. The van der Waals surface area contributed by atoms with Crippen LogP contribution in [0.2, 0.25) is 0 Å². The van der Waals surface area contributed by atoms with Crippen LogP contribution in [-0.2, 0) is 19.2 Å². The number of aliphatic carboxylic acids is 2. The smallest absolute Gasteiger partial charge is 0.329 e. The summed E-state index contributed by atoms with van der Waals surface area (Å²) in [5.41, 5.74) is 5.89. The van der Waals surface area contributed by atoms with Gasteiger partial charge in [0, 0.05) is 38.3 Å². The Morgan fingerprint density at radius 1 is 0.976 bits per heavy atom. The number of rotatable bonds is 11. The highest BCUT2D eigenvalue weighted by Gasteiger charge is 2.41. The zero-order valence-corrected chi connectivity index (χ0v) is 23.2. The summed E-state index contributed by atoms with van der Waals surface area (Å²) in [4.78, 5) is 32.5.